The molecule has 3 heterocycles. The monoisotopic (exact) mass is 333 g/mol. The second-order valence-electron chi connectivity index (χ2n) is 3.68. The van der Waals surface area contributed by atoms with Gasteiger partial charge in [-0.2, -0.15) is 4.98 Å². The molecule has 0 N–H and O–H groups in total. The standard InChI is InChI=1S/C10H9BrClN3OS/c11-6-5-17-8-7(6)13-10(12)14-9(8)15-1-3-16-4-2-15/h5H,1-4H2. The van der Waals surface area contributed by atoms with E-state index in [-0.39, 0.29) is 5.28 Å². The van der Waals surface area contributed by atoms with Gasteiger partial charge in [0.1, 0.15) is 5.52 Å². The van der Waals surface area contributed by atoms with Crippen molar-refractivity contribution < 1.29 is 4.74 Å². The number of aromatic nitrogens is 2. The molecule has 0 amide bonds. The summed E-state index contributed by atoms with van der Waals surface area (Å²) in [6, 6.07) is 0. The van der Waals surface area contributed by atoms with Crippen LogP contribution in [0.1, 0.15) is 0 Å². The molecule has 0 aliphatic carbocycles. The Balaban J connectivity index is 2.13. The van der Waals surface area contributed by atoms with Gasteiger partial charge in [-0.05, 0) is 27.5 Å². The summed E-state index contributed by atoms with van der Waals surface area (Å²) in [4.78, 5) is 10.8. The highest BCUT2D eigenvalue weighted by atomic mass is 79.9. The Morgan fingerprint density at radius 1 is 1.35 bits per heavy atom. The van der Waals surface area contributed by atoms with E-state index < -0.39 is 0 Å². The average molecular weight is 335 g/mol. The van der Waals surface area contributed by atoms with Gasteiger partial charge in [-0.1, -0.05) is 0 Å². The molecule has 3 rings (SSSR count). The Hall–Kier alpha value is -0.430. The lowest BCUT2D eigenvalue weighted by Crippen LogP contribution is -2.36. The van der Waals surface area contributed by atoms with Gasteiger partial charge in [0.25, 0.3) is 0 Å². The first-order chi connectivity index (χ1) is 8.25. The summed E-state index contributed by atoms with van der Waals surface area (Å²) in [6.45, 7) is 3.15. The van der Waals surface area contributed by atoms with E-state index in [4.69, 9.17) is 16.3 Å². The van der Waals surface area contributed by atoms with E-state index in [2.05, 4.69) is 30.8 Å². The first kappa shape index (κ1) is 11.6. The van der Waals surface area contributed by atoms with Crippen molar-refractivity contribution in [1.29, 1.82) is 0 Å². The number of anilines is 1. The maximum absolute atomic E-state index is 5.98. The number of hydrogen-bond acceptors (Lipinski definition) is 5. The third-order valence-corrected chi connectivity index (χ3v) is 4.68. The van der Waals surface area contributed by atoms with Gasteiger partial charge in [0.15, 0.2) is 5.82 Å². The highest BCUT2D eigenvalue weighted by Gasteiger charge is 2.19. The van der Waals surface area contributed by atoms with Crippen LogP contribution in [0.25, 0.3) is 10.2 Å². The SMILES string of the molecule is Clc1nc(N2CCOCC2)c2scc(Br)c2n1. The fourth-order valence-corrected chi connectivity index (χ4v) is 3.58. The average Bonchev–Trinajstić information content (AvgIpc) is 2.72. The molecule has 0 aromatic carbocycles. The predicted octanol–water partition coefficient (Wildman–Crippen LogP) is 2.94. The Bertz CT molecular complexity index is 556. The number of ether oxygens (including phenoxy) is 1. The molecule has 0 atom stereocenters. The minimum Gasteiger partial charge on any atom is -0.378 e. The molecular weight excluding hydrogens is 326 g/mol. The lowest BCUT2D eigenvalue weighted by Gasteiger charge is -2.28. The van der Waals surface area contributed by atoms with Gasteiger partial charge in [0.05, 0.1) is 22.4 Å². The number of nitrogens with zero attached hydrogens (tertiary/aromatic N) is 3. The number of hydrogen-bond donors (Lipinski definition) is 0. The predicted molar refractivity (Wildman–Crippen MR) is 73.2 cm³/mol. The largest absolute Gasteiger partial charge is 0.378 e. The molecule has 0 unspecified atom stereocenters. The van der Waals surface area contributed by atoms with Crippen molar-refractivity contribution in [3.63, 3.8) is 0 Å². The van der Waals surface area contributed by atoms with Crippen LogP contribution in [0.4, 0.5) is 5.82 Å². The molecule has 4 nitrogen and oxygen atoms in total. The Labute approximate surface area is 116 Å². The zero-order valence-corrected chi connectivity index (χ0v) is 12.0. The minimum absolute atomic E-state index is 0.290. The van der Waals surface area contributed by atoms with Crippen LogP contribution in [0.5, 0.6) is 0 Å². The van der Waals surface area contributed by atoms with Crippen molar-refractivity contribution in [2.45, 2.75) is 0 Å². The van der Waals surface area contributed by atoms with Gasteiger partial charge in [-0.3, -0.25) is 0 Å². The van der Waals surface area contributed by atoms with Gasteiger partial charge < -0.3 is 9.64 Å². The molecule has 0 radical (unpaired) electrons. The number of rotatable bonds is 1. The molecular formula is C10H9BrClN3OS. The molecule has 2 aromatic rings. The summed E-state index contributed by atoms with van der Waals surface area (Å²) >= 11 is 11.1. The van der Waals surface area contributed by atoms with Crippen molar-refractivity contribution in [3.8, 4) is 0 Å². The number of morpholine rings is 1. The number of thiophene rings is 1. The van der Waals surface area contributed by atoms with E-state index in [1.807, 2.05) is 5.38 Å². The van der Waals surface area contributed by atoms with E-state index in [9.17, 15) is 0 Å². The van der Waals surface area contributed by atoms with Crippen molar-refractivity contribution in [2.24, 2.45) is 0 Å². The van der Waals surface area contributed by atoms with Crippen molar-refractivity contribution in [1.82, 2.24) is 9.97 Å². The first-order valence-electron chi connectivity index (χ1n) is 5.18. The minimum atomic E-state index is 0.290. The fraction of sp³-hybridized carbons (Fsp3) is 0.400. The summed E-state index contributed by atoms with van der Waals surface area (Å²) in [5.74, 6) is 0.916. The molecule has 2 aromatic heterocycles. The van der Waals surface area contributed by atoms with Crippen molar-refractivity contribution >= 4 is 54.9 Å². The third kappa shape index (κ3) is 2.14. The van der Waals surface area contributed by atoms with Crippen LogP contribution < -0.4 is 4.90 Å². The quantitative estimate of drug-likeness (QED) is 0.752. The maximum Gasteiger partial charge on any atom is 0.225 e. The molecule has 0 saturated carbocycles. The normalized spacial score (nSPS) is 16.7. The third-order valence-electron chi connectivity index (χ3n) is 2.64. The number of halogens is 2. The fourth-order valence-electron chi connectivity index (χ4n) is 1.84. The Morgan fingerprint density at radius 2 is 2.12 bits per heavy atom. The lowest BCUT2D eigenvalue weighted by molar-refractivity contribution is 0.122. The van der Waals surface area contributed by atoms with Crippen LogP contribution in [0, 0.1) is 0 Å². The van der Waals surface area contributed by atoms with Crippen LogP contribution in [0.15, 0.2) is 9.85 Å². The van der Waals surface area contributed by atoms with Gasteiger partial charge in [-0.15, -0.1) is 11.3 Å². The zero-order chi connectivity index (χ0) is 11.8. The lowest BCUT2D eigenvalue weighted by atomic mass is 10.3. The van der Waals surface area contributed by atoms with E-state index in [0.717, 1.165) is 46.8 Å². The van der Waals surface area contributed by atoms with E-state index in [1.54, 1.807) is 11.3 Å². The van der Waals surface area contributed by atoms with Crippen LogP contribution in [0.2, 0.25) is 5.28 Å². The van der Waals surface area contributed by atoms with Crippen molar-refractivity contribution in [2.75, 3.05) is 31.2 Å². The smallest absolute Gasteiger partial charge is 0.225 e. The molecule has 17 heavy (non-hydrogen) atoms. The van der Waals surface area contributed by atoms with Crippen LogP contribution in [-0.2, 0) is 4.74 Å². The molecule has 1 aliphatic rings. The maximum atomic E-state index is 5.98. The van der Waals surface area contributed by atoms with E-state index in [0.29, 0.717) is 0 Å². The molecule has 90 valence electrons. The summed E-state index contributed by atoms with van der Waals surface area (Å²) in [5.41, 5.74) is 0.886. The van der Waals surface area contributed by atoms with Gasteiger partial charge >= 0.3 is 0 Å². The van der Waals surface area contributed by atoms with E-state index in [1.165, 1.54) is 0 Å². The Kier molecular flexibility index (Phi) is 3.21. The van der Waals surface area contributed by atoms with Crippen LogP contribution in [-0.4, -0.2) is 36.3 Å². The van der Waals surface area contributed by atoms with Gasteiger partial charge in [-0.25, -0.2) is 4.98 Å². The zero-order valence-electron chi connectivity index (χ0n) is 8.82. The summed E-state index contributed by atoms with van der Waals surface area (Å²) < 4.78 is 7.39. The number of fused-ring (bicyclic) bond motifs is 1. The Morgan fingerprint density at radius 3 is 2.88 bits per heavy atom. The molecule has 1 saturated heterocycles. The van der Waals surface area contributed by atoms with Crippen LogP contribution in [0.3, 0.4) is 0 Å². The first-order valence-corrected chi connectivity index (χ1v) is 7.23. The highest BCUT2D eigenvalue weighted by Crippen LogP contribution is 2.35. The van der Waals surface area contributed by atoms with Gasteiger partial charge in [0.2, 0.25) is 5.28 Å². The summed E-state index contributed by atoms with van der Waals surface area (Å²) in [7, 11) is 0. The molecule has 7 heteroatoms. The molecule has 1 fully saturated rings. The molecule has 1 aliphatic heterocycles. The van der Waals surface area contributed by atoms with E-state index >= 15 is 0 Å². The topological polar surface area (TPSA) is 38.2 Å². The molecule has 0 spiro atoms. The molecule has 0 bridgehead atoms. The van der Waals surface area contributed by atoms with Crippen molar-refractivity contribution in [3.05, 3.63) is 15.1 Å². The summed E-state index contributed by atoms with van der Waals surface area (Å²) in [6.07, 6.45) is 0. The van der Waals surface area contributed by atoms with Crippen LogP contribution >= 0.6 is 38.9 Å². The second-order valence-corrected chi connectivity index (χ2v) is 5.75. The highest BCUT2D eigenvalue weighted by molar-refractivity contribution is 9.10. The summed E-state index contributed by atoms with van der Waals surface area (Å²) in [5, 5.41) is 2.30. The second kappa shape index (κ2) is 4.68. The van der Waals surface area contributed by atoms with Gasteiger partial charge in [0, 0.05) is 18.5 Å².